The van der Waals surface area contributed by atoms with E-state index in [1.807, 2.05) is 32.3 Å². The Balaban J connectivity index is 1.57. The van der Waals surface area contributed by atoms with Gasteiger partial charge in [-0.25, -0.2) is 4.98 Å². The predicted molar refractivity (Wildman–Crippen MR) is 143 cm³/mol. The van der Waals surface area contributed by atoms with Gasteiger partial charge in [-0.05, 0) is 69.6 Å². The van der Waals surface area contributed by atoms with E-state index in [4.69, 9.17) is 15.5 Å². The van der Waals surface area contributed by atoms with Crippen LogP contribution in [0.2, 0.25) is 0 Å². The van der Waals surface area contributed by atoms with Crippen LogP contribution in [0.1, 0.15) is 59.7 Å². The number of hydrogen-bond acceptors (Lipinski definition) is 8. The van der Waals surface area contributed by atoms with Gasteiger partial charge in [0.15, 0.2) is 0 Å². The molecule has 37 heavy (non-hydrogen) atoms. The maximum Gasteiger partial charge on any atom is 0.315 e. The summed E-state index contributed by atoms with van der Waals surface area (Å²) >= 11 is 1.66. The van der Waals surface area contributed by atoms with Crippen molar-refractivity contribution in [2.45, 2.75) is 38.8 Å². The van der Waals surface area contributed by atoms with E-state index in [0.717, 1.165) is 33.6 Å². The number of nitrogens with zero attached hydrogens (tertiary/aromatic N) is 4. The highest BCUT2D eigenvalue weighted by atomic mass is 32.1. The number of thiazole rings is 1. The fourth-order valence-electron chi connectivity index (χ4n) is 4.45. The SMILES string of the molecule is COc1nc(NC(=O)C(=O)N2C[C@@H](C)CC[C@@H]2c2ccc3sc(C(C)N(C)C)nc3c2)ccc1C(N)=O. The van der Waals surface area contributed by atoms with Gasteiger partial charge in [-0.15, -0.1) is 11.3 Å². The number of carbonyl (C=O) groups excluding carboxylic acids is 3. The number of carbonyl (C=O) groups is 3. The molecular formula is C26H32N6O4S. The van der Waals surface area contributed by atoms with Crippen LogP contribution >= 0.6 is 11.3 Å². The number of anilines is 1. The first-order valence-corrected chi connectivity index (χ1v) is 12.9. The number of methoxy groups -OCH3 is 1. The number of amides is 3. The molecule has 2 aromatic heterocycles. The van der Waals surface area contributed by atoms with E-state index in [1.54, 1.807) is 16.2 Å². The van der Waals surface area contributed by atoms with E-state index in [1.165, 1.54) is 19.2 Å². The van der Waals surface area contributed by atoms with Crippen molar-refractivity contribution in [1.82, 2.24) is 19.8 Å². The number of fused-ring (bicyclic) bond motifs is 1. The molecule has 1 aromatic carbocycles. The van der Waals surface area contributed by atoms with Crippen LogP contribution in [0.4, 0.5) is 5.82 Å². The lowest BCUT2D eigenvalue weighted by Gasteiger charge is -2.38. The van der Waals surface area contributed by atoms with Crippen molar-refractivity contribution in [1.29, 1.82) is 0 Å². The van der Waals surface area contributed by atoms with Crippen LogP contribution in [0, 0.1) is 5.92 Å². The summed E-state index contributed by atoms with van der Waals surface area (Å²) < 4.78 is 6.18. The van der Waals surface area contributed by atoms with Crippen LogP contribution < -0.4 is 15.8 Å². The smallest absolute Gasteiger partial charge is 0.315 e. The maximum absolute atomic E-state index is 13.4. The van der Waals surface area contributed by atoms with Gasteiger partial charge < -0.3 is 25.6 Å². The van der Waals surface area contributed by atoms with Crippen molar-refractivity contribution < 1.29 is 19.1 Å². The highest BCUT2D eigenvalue weighted by Crippen LogP contribution is 2.36. The van der Waals surface area contributed by atoms with Crippen molar-refractivity contribution in [3.8, 4) is 5.88 Å². The highest BCUT2D eigenvalue weighted by molar-refractivity contribution is 7.18. The zero-order chi connectivity index (χ0) is 26.9. The molecule has 3 heterocycles. The maximum atomic E-state index is 13.4. The van der Waals surface area contributed by atoms with Crippen molar-refractivity contribution in [2.75, 3.05) is 33.1 Å². The molecule has 3 aromatic rings. The minimum atomic E-state index is -0.808. The molecule has 0 aliphatic carbocycles. The lowest BCUT2D eigenvalue weighted by atomic mass is 9.89. The Morgan fingerprint density at radius 2 is 1.95 bits per heavy atom. The Morgan fingerprint density at radius 1 is 1.19 bits per heavy atom. The fraction of sp³-hybridized carbons (Fsp3) is 0.423. The number of aromatic nitrogens is 2. The van der Waals surface area contributed by atoms with E-state index in [-0.39, 0.29) is 35.3 Å². The Kier molecular flexibility index (Phi) is 7.74. The molecule has 1 unspecified atom stereocenters. The van der Waals surface area contributed by atoms with Crippen molar-refractivity contribution in [3.63, 3.8) is 0 Å². The summed E-state index contributed by atoms with van der Waals surface area (Å²) in [5.41, 5.74) is 7.26. The van der Waals surface area contributed by atoms with Gasteiger partial charge in [0.05, 0.1) is 29.4 Å². The van der Waals surface area contributed by atoms with Gasteiger partial charge in [0.2, 0.25) is 5.88 Å². The number of nitrogens with one attached hydrogen (secondary N) is 1. The summed E-state index contributed by atoms with van der Waals surface area (Å²) in [7, 11) is 5.39. The zero-order valence-electron chi connectivity index (χ0n) is 21.6. The third kappa shape index (κ3) is 5.57. The third-order valence-corrected chi connectivity index (χ3v) is 7.98. The second-order valence-electron chi connectivity index (χ2n) is 9.65. The van der Waals surface area contributed by atoms with E-state index in [0.29, 0.717) is 6.54 Å². The number of likely N-dealkylation sites (tertiary alicyclic amines) is 1. The average Bonchev–Trinajstić information content (AvgIpc) is 3.30. The third-order valence-electron chi connectivity index (χ3n) is 6.78. The predicted octanol–water partition coefficient (Wildman–Crippen LogP) is 3.36. The Hall–Kier alpha value is -3.57. The summed E-state index contributed by atoms with van der Waals surface area (Å²) in [6.45, 7) is 4.65. The molecule has 3 amide bonds. The topological polar surface area (TPSA) is 131 Å². The van der Waals surface area contributed by atoms with Crippen LogP contribution in [0.25, 0.3) is 10.2 Å². The van der Waals surface area contributed by atoms with E-state index in [2.05, 4.69) is 29.0 Å². The monoisotopic (exact) mass is 524 g/mol. The lowest BCUT2D eigenvalue weighted by Crippen LogP contribution is -2.46. The first-order chi connectivity index (χ1) is 17.6. The molecule has 0 saturated carbocycles. The van der Waals surface area contributed by atoms with Gasteiger partial charge >= 0.3 is 11.8 Å². The number of primary amides is 1. The molecule has 0 spiro atoms. The van der Waals surface area contributed by atoms with Crippen molar-refractivity contribution in [3.05, 3.63) is 46.5 Å². The Morgan fingerprint density at radius 3 is 2.62 bits per heavy atom. The number of nitrogens with two attached hydrogens (primary N) is 1. The molecular weight excluding hydrogens is 492 g/mol. The summed E-state index contributed by atoms with van der Waals surface area (Å²) in [5.74, 6) is -1.83. The highest BCUT2D eigenvalue weighted by Gasteiger charge is 2.34. The summed E-state index contributed by atoms with van der Waals surface area (Å²) in [4.78, 5) is 50.6. The second kappa shape index (κ2) is 10.8. The van der Waals surface area contributed by atoms with Crippen LogP contribution in [-0.2, 0) is 9.59 Å². The molecule has 0 radical (unpaired) electrons. The summed E-state index contributed by atoms with van der Waals surface area (Å²) in [6.07, 6.45) is 1.69. The lowest BCUT2D eigenvalue weighted by molar-refractivity contribution is -0.146. The number of pyridine rings is 1. The van der Waals surface area contributed by atoms with Gasteiger partial charge in [-0.3, -0.25) is 14.4 Å². The molecule has 1 aliphatic heterocycles. The van der Waals surface area contributed by atoms with Gasteiger partial charge in [0.25, 0.3) is 5.91 Å². The molecule has 196 valence electrons. The molecule has 1 aliphatic rings. The van der Waals surface area contributed by atoms with Crippen LogP contribution in [-0.4, -0.2) is 65.2 Å². The molecule has 3 N–H and O–H groups in total. The van der Waals surface area contributed by atoms with Gasteiger partial charge in [0, 0.05) is 6.54 Å². The first-order valence-electron chi connectivity index (χ1n) is 12.1. The molecule has 11 heteroatoms. The van der Waals surface area contributed by atoms with Crippen molar-refractivity contribution >= 4 is 45.1 Å². The van der Waals surface area contributed by atoms with Crippen LogP contribution in [0.5, 0.6) is 5.88 Å². The number of hydrogen-bond donors (Lipinski definition) is 2. The van der Waals surface area contributed by atoms with Gasteiger partial charge in [0.1, 0.15) is 16.4 Å². The van der Waals surface area contributed by atoms with E-state index < -0.39 is 17.7 Å². The number of ether oxygens (including phenoxy) is 1. The summed E-state index contributed by atoms with van der Waals surface area (Å²) in [5, 5.41) is 3.57. The molecule has 3 atom stereocenters. The largest absolute Gasteiger partial charge is 0.480 e. The molecule has 10 nitrogen and oxygen atoms in total. The normalized spacial score (nSPS) is 18.6. The van der Waals surface area contributed by atoms with E-state index >= 15 is 0 Å². The van der Waals surface area contributed by atoms with Crippen molar-refractivity contribution in [2.24, 2.45) is 11.7 Å². The van der Waals surface area contributed by atoms with Gasteiger partial charge in [-0.2, -0.15) is 4.98 Å². The zero-order valence-corrected chi connectivity index (χ0v) is 22.5. The van der Waals surface area contributed by atoms with Gasteiger partial charge in [-0.1, -0.05) is 13.0 Å². The molecule has 1 fully saturated rings. The number of benzene rings is 1. The number of piperidine rings is 1. The Labute approximate surface area is 219 Å². The Bertz CT molecular complexity index is 1340. The minimum Gasteiger partial charge on any atom is -0.480 e. The molecule has 4 rings (SSSR count). The quantitative estimate of drug-likeness (QED) is 0.473. The first kappa shape index (κ1) is 26.5. The second-order valence-corrected chi connectivity index (χ2v) is 10.7. The standard InChI is InChI=1S/C26H32N6O4S/c1-14-6-9-19(16-7-10-20-18(12-16)28-25(37-20)15(2)31(3)4)32(13-14)26(35)23(34)29-21-11-8-17(22(27)33)24(30-21)36-5/h7-8,10-12,14-15,19H,6,9,13H2,1-5H3,(H2,27,33)(H,29,30,34)/t14-,15?,19+/m0/s1. The average molecular weight is 525 g/mol. The van der Waals surface area contributed by atoms with Crippen LogP contribution in [0.3, 0.4) is 0 Å². The minimum absolute atomic E-state index is 0.0262. The van der Waals surface area contributed by atoms with E-state index in [9.17, 15) is 14.4 Å². The van der Waals surface area contributed by atoms with Crippen LogP contribution in [0.15, 0.2) is 30.3 Å². The fourth-order valence-corrected chi connectivity index (χ4v) is 5.54. The summed E-state index contributed by atoms with van der Waals surface area (Å²) in [6, 6.07) is 8.87. The molecule has 0 bridgehead atoms. The molecule has 1 saturated heterocycles. The number of rotatable bonds is 6.